The van der Waals surface area contributed by atoms with Crippen LogP contribution in [0.5, 0.6) is 0 Å². The third-order valence-corrected chi connectivity index (χ3v) is 5.29. The Kier molecular flexibility index (Phi) is 6.37. The first kappa shape index (κ1) is 23.7. The first-order valence-corrected chi connectivity index (χ1v) is 10.5. The smallest absolute Gasteiger partial charge is 0.287 e. The van der Waals surface area contributed by atoms with Gasteiger partial charge >= 0.3 is 6.18 Å². The highest BCUT2D eigenvalue weighted by atomic mass is 19.4. The number of amides is 2. The Labute approximate surface area is 197 Å². The van der Waals surface area contributed by atoms with Crippen molar-refractivity contribution < 1.29 is 22.8 Å². The van der Waals surface area contributed by atoms with Crippen LogP contribution < -0.4 is 16.3 Å². The van der Waals surface area contributed by atoms with E-state index in [2.05, 4.69) is 16.0 Å². The van der Waals surface area contributed by atoms with E-state index in [0.29, 0.717) is 0 Å². The molecule has 0 aliphatic heterocycles. The van der Waals surface area contributed by atoms with Crippen LogP contribution in [0.1, 0.15) is 27.3 Å². The summed E-state index contributed by atoms with van der Waals surface area (Å²) in [5.74, 6) is -1.53. The fourth-order valence-electron chi connectivity index (χ4n) is 3.63. The van der Waals surface area contributed by atoms with E-state index in [9.17, 15) is 27.6 Å². The minimum atomic E-state index is -4.57. The third-order valence-electron chi connectivity index (χ3n) is 5.29. The zero-order chi connectivity index (χ0) is 25.2. The van der Waals surface area contributed by atoms with Crippen molar-refractivity contribution in [2.45, 2.75) is 19.5 Å². The number of hydrogen-bond donors (Lipinski definition) is 2. The number of hydrazine groups is 1. The van der Waals surface area contributed by atoms with Gasteiger partial charge in [0.05, 0.1) is 17.7 Å². The van der Waals surface area contributed by atoms with Crippen LogP contribution in [-0.2, 0) is 17.4 Å². The normalized spacial score (nSPS) is 11.3. The second-order valence-electron chi connectivity index (χ2n) is 7.78. The Morgan fingerprint density at radius 3 is 2.43 bits per heavy atom. The highest BCUT2D eigenvalue weighted by Gasteiger charge is 2.30. The van der Waals surface area contributed by atoms with Crippen LogP contribution in [0.15, 0.2) is 77.6 Å². The van der Waals surface area contributed by atoms with Crippen LogP contribution in [-0.4, -0.2) is 21.6 Å². The number of fused-ring (bicyclic) bond motifs is 1. The SMILES string of the molecule is Cc1cc(=O)c(C(=O)NNC(=O)Cc2cccc3ccccc23)nn1-c1cccc(C(F)(F)F)c1. The van der Waals surface area contributed by atoms with Crippen LogP contribution in [0.3, 0.4) is 0 Å². The average molecular weight is 480 g/mol. The van der Waals surface area contributed by atoms with Crippen LogP contribution >= 0.6 is 0 Å². The number of nitrogens with one attached hydrogen (secondary N) is 2. The zero-order valence-corrected chi connectivity index (χ0v) is 18.4. The largest absolute Gasteiger partial charge is 0.416 e. The summed E-state index contributed by atoms with van der Waals surface area (Å²) in [6.07, 6.45) is -4.60. The predicted molar refractivity (Wildman–Crippen MR) is 123 cm³/mol. The molecule has 0 fully saturated rings. The summed E-state index contributed by atoms with van der Waals surface area (Å²) in [6, 6.07) is 18.5. The maximum absolute atomic E-state index is 13.1. The number of aromatic nitrogens is 2. The van der Waals surface area contributed by atoms with E-state index in [1.165, 1.54) is 19.1 Å². The molecule has 2 N–H and O–H groups in total. The molecular formula is C25H19F3N4O3. The molecule has 0 saturated heterocycles. The highest BCUT2D eigenvalue weighted by molar-refractivity contribution is 5.94. The first-order valence-electron chi connectivity index (χ1n) is 10.5. The molecule has 0 aliphatic rings. The molecule has 3 aromatic carbocycles. The van der Waals surface area contributed by atoms with Gasteiger partial charge in [-0.1, -0.05) is 48.5 Å². The maximum Gasteiger partial charge on any atom is 0.416 e. The molecule has 0 aliphatic carbocycles. The van der Waals surface area contributed by atoms with Crippen molar-refractivity contribution in [2.75, 3.05) is 0 Å². The van der Waals surface area contributed by atoms with Gasteiger partial charge in [-0.3, -0.25) is 25.2 Å². The Morgan fingerprint density at radius 2 is 1.66 bits per heavy atom. The van der Waals surface area contributed by atoms with Crippen molar-refractivity contribution >= 4 is 22.6 Å². The lowest BCUT2D eigenvalue weighted by Gasteiger charge is -2.14. The molecular weight excluding hydrogens is 461 g/mol. The fraction of sp³-hybridized carbons (Fsp3) is 0.120. The van der Waals surface area contributed by atoms with E-state index >= 15 is 0 Å². The van der Waals surface area contributed by atoms with E-state index < -0.39 is 34.7 Å². The summed E-state index contributed by atoms with van der Waals surface area (Å²) in [5, 5.41) is 5.79. The van der Waals surface area contributed by atoms with Gasteiger partial charge in [0.25, 0.3) is 5.91 Å². The van der Waals surface area contributed by atoms with Crippen LogP contribution in [0.25, 0.3) is 16.5 Å². The van der Waals surface area contributed by atoms with Crippen LogP contribution in [0.4, 0.5) is 13.2 Å². The van der Waals surface area contributed by atoms with E-state index in [1.54, 1.807) is 6.07 Å². The number of alkyl halides is 3. The number of hydrogen-bond acceptors (Lipinski definition) is 4. The van der Waals surface area contributed by atoms with Crippen molar-refractivity contribution in [3.8, 4) is 5.69 Å². The molecule has 0 unspecified atom stereocenters. The summed E-state index contributed by atoms with van der Waals surface area (Å²) in [7, 11) is 0. The average Bonchev–Trinajstić information content (AvgIpc) is 2.82. The Balaban J connectivity index is 1.52. The monoisotopic (exact) mass is 480 g/mol. The molecule has 0 radical (unpaired) electrons. The van der Waals surface area contributed by atoms with Crippen molar-refractivity contribution in [2.24, 2.45) is 0 Å². The molecule has 7 nitrogen and oxygen atoms in total. The molecule has 35 heavy (non-hydrogen) atoms. The molecule has 2 amide bonds. The van der Waals surface area contributed by atoms with E-state index in [1.807, 2.05) is 36.4 Å². The number of nitrogens with zero attached hydrogens (tertiary/aromatic N) is 2. The van der Waals surface area contributed by atoms with Crippen molar-refractivity contribution in [1.29, 1.82) is 0 Å². The lowest BCUT2D eigenvalue weighted by atomic mass is 10.0. The van der Waals surface area contributed by atoms with Gasteiger partial charge in [-0.25, -0.2) is 4.68 Å². The van der Waals surface area contributed by atoms with Gasteiger partial charge in [-0.15, -0.1) is 0 Å². The quantitative estimate of drug-likeness (QED) is 0.436. The Hall–Kier alpha value is -4.47. The van der Waals surface area contributed by atoms with E-state index in [0.717, 1.165) is 39.2 Å². The second-order valence-corrected chi connectivity index (χ2v) is 7.78. The van der Waals surface area contributed by atoms with Gasteiger partial charge in [0.1, 0.15) is 0 Å². The molecule has 0 bridgehead atoms. The standard InChI is InChI=1S/C25H19F3N4O3/c1-15-12-21(33)23(31-32(15)19-10-5-9-18(14-19)25(26,27)28)24(35)30-29-22(34)13-17-8-4-7-16-6-2-3-11-20(16)17/h2-12,14H,13H2,1H3,(H,29,34)(H,30,35). The molecule has 1 aromatic heterocycles. The van der Waals surface area contributed by atoms with Crippen molar-refractivity contribution in [3.63, 3.8) is 0 Å². The number of carbonyl (C=O) groups excluding carboxylic acids is 2. The van der Waals surface area contributed by atoms with E-state index in [4.69, 9.17) is 0 Å². The van der Waals surface area contributed by atoms with E-state index in [-0.39, 0.29) is 17.8 Å². The molecule has 178 valence electrons. The summed E-state index contributed by atoms with van der Waals surface area (Å²) in [6.45, 7) is 1.47. The number of carbonyl (C=O) groups is 2. The number of rotatable bonds is 4. The summed E-state index contributed by atoms with van der Waals surface area (Å²) >= 11 is 0. The minimum Gasteiger partial charge on any atom is -0.287 e. The Morgan fingerprint density at radius 1 is 0.943 bits per heavy atom. The van der Waals surface area contributed by atoms with Gasteiger partial charge < -0.3 is 0 Å². The van der Waals surface area contributed by atoms with Crippen LogP contribution in [0, 0.1) is 6.92 Å². The summed E-state index contributed by atoms with van der Waals surface area (Å²) in [5.41, 5.74) is 3.16. The van der Waals surface area contributed by atoms with Gasteiger partial charge in [-0.05, 0) is 41.5 Å². The molecule has 10 heteroatoms. The molecule has 4 aromatic rings. The van der Waals surface area contributed by atoms with Crippen molar-refractivity contribution in [3.05, 3.63) is 106 Å². The van der Waals surface area contributed by atoms with Crippen LogP contribution in [0.2, 0.25) is 0 Å². The van der Waals surface area contributed by atoms with Gasteiger partial charge in [0.15, 0.2) is 5.69 Å². The number of aryl methyl sites for hydroxylation is 1. The van der Waals surface area contributed by atoms with Gasteiger partial charge in [0.2, 0.25) is 11.3 Å². The predicted octanol–water partition coefficient (Wildman–Crippen LogP) is 3.72. The molecule has 1 heterocycles. The number of halogens is 3. The van der Waals surface area contributed by atoms with Gasteiger partial charge in [0, 0.05) is 11.8 Å². The summed E-state index contributed by atoms with van der Waals surface area (Å²) in [4.78, 5) is 37.3. The zero-order valence-electron chi connectivity index (χ0n) is 18.4. The lowest BCUT2D eigenvalue weighted by molar-refractivity contribution is -0.137. The topological polar surface area (TPSA) is 93.1 Å². The summed E-state index contributed by atoms with van der Waals surface area (Å²) < 4.78 is 40.3. The number of benzene rings is 3. The molecule has 0 atom stereocenters. The first-order chi connectivity index (χ1) is 16.6. The maximum atomic E-state index is 13.1. The molecule has 0 saturated carbocycles. The Bertz CT molecular complexity index is 1490. The lowest BCUT2D eigenvalue weighted by Crippen LogP contribution is -2.44. The fourth-order valence-corrected chi connectivity index (χ4v) is 3.63. The highest BCUT2D eigenvalue weighted by Crippen LogP contribution is 2.30. The molecule has 0 spiro atoms. The third kappa shape index (κ3) is 5.21. The molecule has 4 rings (SSSR count). The second kappa shape index (κ2) is 9.41. The minimum absolute atomic E-state index is 0.0198. The van der Waals surface area contributed by atoms with Gasteiger partial charge in [-0.2, -0.15) is 18.3 Å². The van der Waals surface area contributed by atoms with Crippen molar-refractivity contribution in [1.82, 2.24) is 20.6 Å².